The number of hydrogen-bond donors (Lipinski definition) is 2. The van der Waals surface area contributed by atoms with Crippen molar-refractivity contribution < 1.29 is 9.90 Å². The molecule has 0 spiro atoms. The Balaban J connectivity index is 1.42. The summed E-state index contributed by atoms with van der Waals surface area (Å²) in [5.41, 5.74) is 3.14. The average Bonchev–Trinajstić information content (AvgIpc) is 3.29. The van der Waals surface area contributed by atoms with Gasteiger partial charge in [-0.15, -0.1) is 0 Å². The number of benzene rings is 1. The maximum absolute atomic E-state index is 12.3. The van der Waals surface area contributed by atoms with Crippen LogP contribution in [0.2, 0.25) is 0 Å². The molecule has 1 amide bonds. The summed E-state index contributed by atoms with van der Waals surface area (Å²) in [5.74, 6) is -0.182. The lowest BCUT2D eigenvalue weighted by Crippen LogP contribution is -2.19. The van der Waals surface area contributed by atoms with Crippen molar-refractivity contribution in [3.63, 3.8) is 0 Å². The molecule has 1 aromatic carbocycles. The first kappa shape index (κ1) is 17.9. The summed E-state index contributed by atoms with van der Waals surface area (Å²) >= 11 is 0. The topological polar surface area (TPSA) is 97.3 Å². The van der Waals surface area contributed by atoms with Crippen molar-refractivity contribution in [1.82, 2.24) is 24.4 Å². The third-order valence-electron chi connectivity index (χ3n) is 4.43. The van der Waals surface area contributed by atoms with Gasteiger partial charge in [-0.05, 0) is 49.2 Å². The molecular formula is C20H20N6O2. The maximum Gasteiger partial charge on any atom is 0.246 e. The second-order valence-electron chi connectivity index (χ2n) is 7.09. The molecule has 0 aliphatic carbocycles. The highest BCUT2D eigenvalue weighted by atomic mass is 16.3. The second-order valence-corrected chi connectivity index (χ2v) is 7.09. The van der Waals surface area contributed by atoms with Crippen molar-refractivity contribution in [1.29, 1.82) is 0 Å². The van der Waals surface area contributed by atoms with E-state index in [1.54, 1.807) is 53.5 Å². The van der Waals surface area contributed by atoms with E-state index < -0.39 is 5.60 Å². The lowest BCUT2D eigenvalue weighted by Gasteiger charge is -2.18. The lowest BCUT2D eigenvalue weighted by molar-refractivity contribution is -0.116. The number of carbonyl (C=O) groups is 1. The van der Waals surface area contributed by atoms with E-state index in [1.807, 2.05) is 24.5 Å². The van der Waals surface area contributed by atoms with Crippen molar-refractivity contribution in [2.45, 2.75) is 26.0 Å². The lowest BCUT2D eigenvalue weighted by atomic mass is 9.98. The van der Waals surface area contributed by atoms with Gasteiger partial charge in [0.1, 0.15) is 12.9 Å². The zero-order valence-electron chi connectivity index (χ0n) is 15.6. The molecule has 2 N–H and O–H groups in total. The van der Waals surface area contributed by atoms with Gasteiger partial charge >= 0.3 is 0 Å². The summed E-state index contributed by atoms with van der Waals surface area (Å²) < 4.78 is 3.27. The van der Waals surface area contributed by atoms with Crippen LogP contribution in [0.5, 0.6) is 0 Å². The zero-order chi connectivity index (χ0) is 19.7. The van der Waals surface area contributed by atoms with Crippen molar-refractivity contribution in [3.05, 3.63) is 66.9 Å². The van der Waals surface area contributed by atoms with Crippen molar-refractivity contribution in [3.8, 4) is 11.1 Å². The van der Waals surface area contributed by atoms with E-state index in [2.05, 4.69) is 20.5 Å². The third kappa shape index (κ3) is 3.77. The fourth-order valence-corrected chi connectivity index (χ4v) is 2.90. The molecule has 0 bridgehead atoms. The molecule has 0 saturated carbocycles. The van der Waals surface area contributed by atoms with Crippen molar-refractivity contribution in [2.75, 3.05) is 5.32 Å². The van der Waals surface area contributed by atoms with Gasteiger partial charge in [0, 0.05) is 23.6 Å². The van der Waals surface area contributed by atoms with Crippen LogP contribution in [0.15, 0.2) is 61.3 Å². The highest BCUT2D eigenvalue weighted by molar-refractivity contribution is 5.90. The predicted molar refractivity (Wildman–Crippen MR) is 105 cm³/mol. The molecule has 0 fully saturated rings. The first-order valence-corrected chi connectivity index (χ1v) is 8.83. The van der Waals surface area contributed by atoms with Gasteiger partial charge < -0.3 is 10.4 Å². The second kappa shape index (κ2) is 6.90. The van der Waals surface area contributed by atoms with Gasteiger partial charge in [-0.1, -0.05) is 12.1 Å². The highest BCUT2D eigenvalue weighted by Crippen LogP contribution is 2.22. The van der Waals surface area contributed by atoms with Gasteiger partial charge in [0.15, 0.2) is 5.65 Å². The Morgan fingerprint density at radius 3 is 2.68 bits per heavy atom. The minimum absolute atomic E-state index is 0.0976. The summed E-state index contributed by atoms with van der Waals surface area (Å²) in [6.45, 7) is 3.54. The third-order valence-corrected chi connectivity index (χ3v) is 4.43. The minimum atomic E-state index is -0.913. The smallest absolute Gasteiger partial charge is 0.246 e. The largest absolute Gasteiger partial charge is 0.386 e. The minimum Gasteiger partial charge on any atom is -0.386 e. The van der Waals surface area contributed by atoms with Gasteiger partial charge in [-0.25, -0.2) is 9.50 Å². The van der Waals surface area contributed by atoms with Crippen LogP contribution in [0.4, 0.5) is 5.69 Å². The van der Waals surface area contributed by atoms with Crippen LogP contribution in [0, 0.1) is 0 Å². The standard InChI is InChI=1S/C20H20N6O2/c1-20(2,28)16-3-5-17(6-4-16)24-19(27)12-25-11-15(10-22-25)14-7-8-26-18(9-14)21-13-23-26/h3-11,13,28H,12H2,1-2H3,(H,24,27). The van der Waals surface area contributed by atoms with E-state index in [-0.39, 0.29) is 12.5 Å². The van der Waals surface area contributed by atoms with Crippen LogP contribution in [-0.4, -0.2) is 35.4 Å². The van der Waals surface area contributed by atoms with Crippen molar-refractivity contribution >= 4 is 17.2 Å². The number of amides is 1. The number of fused-ring (bicyclic) bond motifs is 1. The fourth-order valence-electron chi connectivity index (χ4n) is 2.90. The molecule has 0 aliphatic heterocycles. The monoisotopic (exact) mass is 376 g/mol. The summed E-state index contributed by atoms with van der Waals surface area (Å²) in [4.78, 5) is 16.5. The molecule has 0 radical (unpaired) electrons. The number of aliphatic hydroxyl groups is 1. The first-order chi connectivity index (χ1) is 13.4. The fraction of sp³-hybridized carbons (Fsp3) is 0.200. The Bertz CT molecular complexity index is 1120. The molecule has 0 aliphatic rings. The van der Waals surface area contributed by atoms with Crippen molar-refractivity contribution in [2.24, 2.45) is 0 Å². The Hall–Kier alpha value is -3.52. The normalized spacial score (nSPS) is 11.7. The van der Waals surface area contributed by atoms with Crippen LogP contribution >= 0.6 is 0 Å². The average molecular weight is 376 g/mol. The Morgan fingerprint density at radius 2 is 1.93 bits per heavy atom. The molecule has 0 saturated heterocycles. The molecular weight excluding hydrogens is 356 g/mol. The first-order valence-electron chi connectivity index (χ1n) is 8.83. The molecule has 4 aromatic rings. The number of nitrogens with one attached hydrogen (secondary N) is 1. The number of rotatable bonds is 5. The van der Waals surface area contributed by atoms with E-state index in [1.165, 1.54) is 6.33 Å². The van der Waals surface area contributed by atoms with Gasteiger partial charge in [0.2, 0.25) is 5.91 Å². The van der Waals surface area contributed by atoms with E-state index in [0.29, 0.717) is 5.69 Å². The van der Waals surface area contributed by atoms with E-state index >= 15 is 0 Å². The predicted octanol–water partition coefficient (Wildman–Crippen LogP) is 2.46. The zero-order valence-corrected chi connectivity index (χ0v) is 15.6. The molecule has 3 aromatic heterocycles. The molecule has 3 heterocycles. The van der Waals surface area contributed by atoms with Gasteiger partial charge in [-0.3, -0.25) is 9.48 Å². The summed E-state index contributed by atoms with van der Waals surface area (Å²) in [6.07, 6.45) is 6.87. The number of nitrogens with zero attached hydrogens (tertiary/aromatic N) is 5. The van der Waals surface area contributed by atoms with Gasteiger partial charge in [-0.2, -0.15) is 10.2 Å². The number of hydrogen-bond acceptors (Lipinski definition) is 5. The summed E-state index contributed by atoms with van der Waals surface area (Å²) in [7, 11) is 0. The van der Waals surface area contributed by atoms with Crippen LogP contribution in [0.25, 0.3) is 16.8 Å². The Labute approximate surface area is 161 Å². The molecule has 0 atom stereocenters. The molecule has 28 heavy (non-hydrogen) atoms. The number of carbonyl (C=O) groups excluding carboxylic acids is 1. The summed E-state index contributed by atoms with van der Waals surface area (Å²) in [5, 5.41) is 21.2. The molecule has 142 valence electrons. The Morgan fingerprint density at radius 1 is 1.14 bits per heavy atom. The van der Waals surface area contributed by atoms with Gasteiger partial charge in [0.05, 0.1) is 11.8 Å². The van der Waals surface area contributed by atoms with Crippen LogP contribution < -0.4 is 5.32 Å². The number of aromatic nitrogens is 5. The maximum atomic E-state index is 12.3. The van der Waals surface area contributed by atoms with Crippen LogP contribution in [-0.2, 0) is 16.9 Å². The van der Waals surface area contributed by atoms with E-state index in [9.17, 15) is 9.90 Å². The summed E-state index contributed by atoms with van der Waals surface area (Å²) in [6, 6.07) is 11.0. The molecule has 0 unspecified atom stereocenters. The highest BCUT2D eigenvalue weighted by Gasteiger charge is 2.15. The van der Waals surface area contributed by atoms with Crippen LogP contribution in [0.3, 0.4) is 0 Å². The Kier molecular flexibility index (Phi) is 4.40. The molecule has 8 heteroatoms. The molecule has 4 rings (SSSR count). The molecule has 8 nitrogen and oxygen atoms in total. The quantitative estimate of drug-likeness (QED) is 0.558. The number of pyridine rings is 1. The SMILES string of the molecule is CC(C)(O)c1ccc(NC(=O)Cn2cc(-c3ccn4ncnc4c3)cn2)cc1. The van der Waals surface area contributed by atoms with Crippen LogP contribution in [0.1, 0.15) is 19.4 Å². The van der Waals surface area contributed by atoms with E-state index in [4.69, 9.17) is 0 Å². The van der Waals surface area contributed by atoms with Gasteiger partial charge in [0.25, 0.3) is 0 Å². The number of anilines is 1. The van der Waals surface area contributed by atoms with E-state index in [0.717, 1.165) is 22.3 Å².